The molecule has 4 aromatic rings. The number of furan rings is 1. The number of hydrogen-bond acceptors (Lipinski definition) is 2. The number of para-hydroxylation sites is 1. The van der Waals surface area contributed by atoms with Gasteiger partial charge in [-0.25, -0.2) is 0 Å². The Morgan fingerprint density at radius 2 is 1.63 bits per heavy atom. The van der Waals surface area contributed by atoms with Crippen LogP contribution in [0.1, 0.15) is 26.3 Å². The van der Waals surface area contributed by atoms with Crippen molar-refractivity contribution in [1.82, 2.24) is 4.98 Å². The summed E-state index contributed by atoms with van der Waals surface area (Å²) in [7, 11) is 0. The molecule has 2 aromatic carbocycles. The van der Waals surface area contributed by atoms with Crippen molar-refractivity contribution in [2.24, 2.45) is 0 Å². The van der Waals surface area contributed by atoms with Gasteiger partial charge < -0.3 is 0 Å². The molecule has 4 rings (SSSR count). The minimum absolute atomic E-state index is 0.0386. The second kappa shape index (κ2) is 6.23. The number of fused-ring (bicyclic) bond motifs is 3. The molecule has 0 N–H and O–H groups in total. The van der Waals surface area contributed by atoms with E-state index in [1.165, 1.54) is 15.5 Å². The van der Waals surface area contributed by atoms with Gasteiger partial charge in [-0.2, -0.15) is 0 Å². The Bertz CT molecular complexity index is 1140. The van der Waals surface area contributed by atoms with E-state index in [0.29, 0.717) is 0 Å². The van der Waals surface area contributed by atoms with Gasteiger partial charge in [0, 0.05) is 0 Å². The van der Waals surface area contributed by atoms with Crippen LogP contribution in [-0.2, 0) is 5.41 Å². The van der Waals surface area contributed by atoms with Gasteiger partial charge in [0.2, 0.25) is 0 Å². The zero-order valence-corrected chi connectivity index (χ0v) is 19.1. The van der Waals surface area contributed by atoms with Gasteiger partial charge in [0.15, 0.2) is 0 Å². The van der Waals surface area contributed by atoms with E-state index >= 15 is 0 Å². The van der Waals surface area contributed by atoms with Crippen LogP contribution in [0.2, 0.25) is 17.3 Å². The van der Waals surface area contributed by atoms with Crippen molar-refractivity contribution in [3.05, 3.63) is 60.3 Å². The van der Waals surface area contributed by atoms with Gasteiger partial charge in [-0.05, 0) is 0 Å². The predicted octanol–water partition coefficient (Wildman–Crippen LogP) is 6.49. The van der Waals surface area contributed by atoms with Crippen LogP contribution in [-0.4, -0.2) is 18.3 Å². The van der Waals surface area contributed by atoms with Crippen molar-refractivity contribution in [3.8, 4) is 11.3 Å². The monoisotopic (exact) mass is 419 g/mol. The molecule has 0 amide bonds. The second-order valence-corrected chi connectivity index (χ2v) is 20.1. The second-order valence-electron chi connectivity index (χ2n) is 9.43. The number of nitrogens with zero attached hydrogens (tertiary/aromatic N) is 1. The van der Waals surface area contributed by atoms with Gasteiger partial charge in [0.1, 0.15) is 0 Å². The van der Waals surface area contributed by atoms with Crippen LogP contribution in [0.15, 0.2) is 59.1 Å². The topological polar surface area (TPSA) is 26.0 Å². The summed E-state index contributed by atoms with van der Waals surface area (Å²) in [5.41, 5.74) is 5.32. The van der Waals surface area contributed by atoms with Crippen molar-refractivity contribution < 1.29 is 4.42 Å². The zero-order chi connectivity index (χ0) is 19.4. The van der Waals surface area contributed by atoms with E-state index in [1.54, 1.807) is 0 Å². The third kappa shape index (κ3) is 3.31. The SMILES string of the molecule is CC(C)(C)c1cccc2c1oc1cc(-c3ccc[c]([Ge]([CH3])([CH3])[CH3])c3)ncc12. The molecule has 0 radical (unpaired) electrons. The summed E-state index contributed by atoms with van der Waals surface area (Å²) >= 11 is -1.87. The molecule has 3 heteroatoms. The van der Waals surface area contributed by atoms with Crippen molar-refractivity contribution in [3.63, 3.8) is 0 Å². The van der Waals surface area contributed by atoms with E-state index in [1.807, 2.05) is 6.20 Å². The molecule has 0 aliphatic carbocycles. The molecule has 0 fully saturated rings. The molecule has 0 aliphatic heterocycles. The molecule has 0 saturated carbocycles. The summed E-state index contributed by atoms with van der Waals surface area (Å²) in [6.45, 7) is 6.67. The van der Waals surface area contributed by atoms with Crippen LogP contribution >= 0.6 is 0 Å². The molecular formula is C24H27GeNO. The molecule has 0 bridgehead atoms. The summed E-state index contributed by atoms with van der Waals surface area (Å²) in [4.78, 5) is 4.78. The first-order valence-electron chi connectivity index (χ1n) is 9.57. The zero-order valence-electron chi connectivity index (χ0n) is 17.1. The van der Waals surface area contributed by atoms with Crippen LogP contribution in [0.3, 0.4) is 0 Å². The first-order valence-corrected chi connectivity index (χ1v) is 16.9. The standard InChI is InChI=1S/C24H27GeNO/c1-24(2,3)20-12-8-11-18-19-15-26-21(14-22(19)27-23(18)20)16-9-7-10-17(13-16)25(4,5)6/h7-15H,1-6H3. The van der Waals surface area contributed by atoms with Gasteiger partial charge in [-0.3, -0.25) is 0 Å². The summed E-state index contributed by atoms with van der Waals surface area (Å²) in [5.74, 6) is 7.26. The average Bonchev–Trinajstić information content (AvgIpc) is 2.97. The Kier molecular flexibility index (Phi) is 4.23. The van der Waals surface area contributed by atoms with Crippen molar-refractivity contribution in [2.45, 2.75) is 43.5 Å². The van der Waals surface area contributed by atoms with E-state index in [-0.39, 0.29) is 5.41 Å². The van der Waals surface area contributed by atoms with Gasteiger partial charge in [0.25, 0.3) is 0 Å². The molecule has 27 heavy (non-hydrogen) atoms. The molecule has 0 aliphatic rings. The van der Waals surface area contributed by atoms with E-state index < -0.39 is 13.3 Å². The number of benzene rings is 2. The molecule has 2 aromatic heterocycles. The van der Waals surface area contributed by atoms with Gasteiger partial charge in [0.05, 0.1) is 0 Å². The Hall–Kier alpha value is -2.07. The van der Waals surface area contributed by atoms with Crippen molar-refractivity contribution >= 4 is 39.6 Å². The number of pyridine rings is 1. The quantitative estimate of drug-likeness (QED) is 0.348. The van der Waals surface area contributed by atoms with Crippen LogP contribution in [0.25, 0.3) is 33.2 Å². The van der Waals surface area contributed by atoms with E-state index in [9.17, 15) is 0 Å². The molecule has 2 nitrogen and oxygen atoms in total. The first kappa shape index (κ1) is 18.3. The summed E-state index contributed by atoms with van der Waals surface area (Å²) in [6.07, 6.45) is 1.97. The maximum atomic E-state index is 6.34. The molecular weight excluding hydrogens is 391 g/mol. The average molecular weight is 418 g/mol. The number of aromatic nitrogens is 1. The minimum atomic E-state index is -1.87. The maximum absolute atomic E-state index is 6.34. The third-order valence-electron chi connectivity index (χ3n) is 5.22. The Morgan fingerprint density at radius 1 is 0.889 bits per heavy atom. The molecule has 2 heterocycles. The Morgan fingerprint density at radius 3 is 2.33 bits per heavy atom. The summed E-state index contributed by atoms with van der Waals surface area (Å²) in [6, 6.07) is 17.4. The fourth-order valence-corrected chi connectivity index (χ4v) is 6.07. The van der Waals surface area contributed by atoms with Crippen LogP contribution < -0.4 is 4.40 Å². The van der Waals surface area contributed by atoms with Crippen LogP contribution in [0.5, 0.6) is 0 Å². The van der Waals surface area contributed by atoms with Gasteiger partial charge in [-0.1, -0.05) is 0 Å². The summed E-state index contributed by atoms with van der Waals surface area (Å²) < 4.78 is 7.84. The number of rotatable bonds is 2. The molecule has 0 spiro atoms. The normalized spacial score (nSPS) is 12.8. The van der Waals surface area contributed by atoms with Gasteiger partial charge in [-0.15, -0.1) is 0 Å². The van der Waals surface area contributed by atoms with E-state index in [0.717, 1.165) is 27.6 Å². The van der Waals surface area contributed by atoms with E-state index in [2.05, 4.69) is 86.6 Å². The van der Waals surface area contributed by atoms with Gasteiger partial charge >= 0.3 is 164 Å². The van der Waals surface area contributed by atoms with Crippen molar-refractivity contribution in [2.75, 3.05) is 0 Å². The Balaban J connectivity index is 1.90. The molecule has 0 saturated heterocycles. The third-order valence-corrected chi connectivity index (χ3v) is 9.50. The Labute approximate surface area is 164 Å². The number of hydrogen-bond donors (Lipinski definition) is 0. The van der Waals surface area contributed by atoms with Crippen molar-refractivity contribution in [1.29, 1.82) is 0 Å². The van der Waals surface area contributed by atoms with Crippen LogP contribution in [0, 0.1) is 0 Å². The summed E-state index contributed by atoms with van der Waals surface area (Å²) in [5, 5.41) is 2.24. The fourth-order valence-electron chi connectivity index (χ4n) is 3.59. The molecule has 0 unspecified atom stereocenters. The van der Waals surface area contributed by atoms with E-state index in [4.69, 9.17) is 9.40 Å². The molecule has 0 atom stereocenters. The fraction of sp³-hybridized carbons (Fsp3) is 0.292. The van der Waals surface area contributed by atoms with Crippen LogP contribution in [0.4, 0.5) is 0 Å². The first-order chi connectivity index (χ1) is 12.6. The predicted molar refractivity (Wildman–Crippen MR) is 119 cm³/mol. The molecule has 138 valence electrons.